The van der Waals surface area contributed by atoms with Crippen molar-refractivity contribution in [2.45, 2.75) is 0 Å². The normalized spacial score (nSPS) is 12.4. The van der Waals surface area contributed by atoms with Gasteiger partial charge in [-0.3, -0.25) is 0 Å². The fourth-order valence-corrected chi connectivity index (χ4v) is 8.29. The summed E-state index contributed by atoms with van der Waals surface area (Å²) < 4.78 is 39.6. The molecule has 0 saturated heterocycles. The van der Waals surface area contributed by atoms with Gasteiger partial charge >= 0.3 is 0 Å². The van der Waals surface area contributed by atoms with E-state index in [4.69, 9.17) is 18.9 Å². The lowest BCUT2D eigenvalue weighted by Crippen LogP contribution is -2.25. The third kappa shape index (κ3) is 5.75. The van der Waals surface area contributed by atoms with Crippen LogP contribution in [-0.2, 0) is 4.57 Å². The first kappa shape index (κ1) is 29.1. The van der Waals surface area contributed by atoms with Gasteiger partial charge in [0.1, 0.15) is 34.5 Å². The Morgan fingerprint density at radius 3 is 1.29 bits per heavy atom. The largest absolute Gasteiger partial charge is 0.457 e. The zero-order chi connectivity index (χ0) is 32.3. The van der Waals surface area contributed by atoms with Crippen LogP contribution in [0.4, 0.5) is 0 Å². The maximum atomic E-state index is 15.3. The molecule has 0 atom stereocenters. The molecule has 232 valence electrons. The van der Waals surface area contributed by atoms with Gasteiger partial charge in [0.25, 0.3) is 0 Å². The van der Waals surface area contributed by atoms with E-state index in [-0.39, 0.29) is 5.57 Å². The zero-order valence-corrected chi connectivity index (χ0v) is 26.1. The van der Waals surface area contributed by atoms with Crippen LogP contribution in [0.25, 0.3) is 11.1 Å². The van der Waals surface area contributed by atoms with E-state index < -0.39 is 7.14 Å². The first-order valence-corrected chi connectivity index (χ1v) is 16.7. The second kappa shape index (κ2) is 12.5. The molecule has 0 fully saturated rings. The lowest BCUT2D eigenvalue weighted by Gasteiger charge is -2.15. The Hall–Kier alpha value is -6.31. The van der Waals surface area contributed by atoms with Gasteiger partial charge in [0.05, 0.1) is 0 Å². The minimum Gasteiger partial charge on any atom is -0.457 e. The van der Waals surface area contributed by atoms with Gasteiger partial charge in [-0.05, 0) is 90.0 Å². The van der Waals surface area contributed by atoms with E-state index in [0.29, 0.717) is 56.9 Å². The topological polar surface area (TPSA) is 106 Å². The number of fused-ring (bicyclic) bond motifs is 3. The molecular formula is C38H25N4O5P. The van der Waals surface area contributed by atoms with Crippen molar-refractivity contribution in [1.82, 2.24) is 19.9 Å². The highest BCUT2D eigenvalue weighted by Gasteiger charge is 2.43. The van der Waals surface area contributed by atoms with E-state index in [1.807, 2.05) is 84.9 Å². The first-order chi connectivity index (χ1) is 23.6. The van der Waals surface area contributed by atoms with Gasteiger partial charge in [-0.25, -0.2) is 19.9 Å². The second-order valence-electron chi connectivity index (χ2n) is 10.7. The summed E-state index contributed by atoms with van der Waals surface area (Å²) in [5.74, 6) is 4.21. The number of rotatable bonds is 9. The second-order valence-corrected chi connectivity index (χ2v) is 13.3. The van der Waals surface area contributed by atoms with Crippen molar-refractivity contribution >= 4 is 23.3 Å². The molecule has 0 N–H and O–H groups in total. The standard InChI is InChI=1S/C38H25N4O5P/c43-48(38-41-20-7-21-42-38)34-24-30(44-26-8-5-10-28(22-26)46-36-12-1-3-18-39-36)14-16-32(34)33-17-15-31(25-35(33)48)45-27-9-6-11-29(23-27)47-37-13-2-4-19-40-37/h1-25H. The van der Waals surface area contributed by atoms with Gasteiger partial charge in [0.2, 0.25) is 18.9 Å². The molecule has 0 aliphatic carbocycles. The smallest absolute Gasteiger partial charge is 0.219 e. The first-order valence-electron chi connectivity index (χ1n) is 15.0. The third-order valence-corrected chi connectivity index (χ3v) is 10.4. The predicted octanol–water partition coefficient (Wildman–Crippen LogP) is 8.06. The summed E-state index contributed by atoms with van der Waals surface area (Å²) in [5, 5.41) is 1.18. The molecule has 0 spiro atoms. The van der Waals surface area contributed by atoms with Crippen LogP contribution in [0.2, 0.25) is 0 Å². The van der Waals surface area contributed by atoms with Crippen LogP contribution in [0.3, 0.4) is 0 Å². The van der Waals surface area contributed by atoms with Crippen LogP contribution >= 0.6 is 7.14 Å². The maximum absolute atomic E-state index is 15.3. The van der Waals surface area contributed by atoms with Crippen molar-refractivity contribution in [1.29, 1.82) is 0 Å². The summed E-state index contributed by atoms with van der Waals surface area (Å²) in [6.07, 6.45) is 6.53. The van der Waals surface area contributed by atoms with Crippen LogP contribution < -0.4 is 35.1 Å². The zero-order valence-electron chi connectivity index (χ0n) is 25.2. The summed E-state index contributed by atoms with van der Waals surface area (Å²) in [4.78, 5) is 17.4. The van der Waals surface area contributed by atoms with Crippen molar-refractivity contribution in [3.63, 3.8) is 0 Å². The summed E-state index contributed by atoms with van der Waals surface area (Å²) >= 11 is 0. The predicted molar refractivity (Wildman–Crippen MR) is 182 cm³/mol. The van der Waals surface area contributed by atoms with Gasteiger partial charge in [0, 0.05) is 59.7 Å². The van der Waals surface area contributed by atoms with Crippen LogP contribution in [-0.4, -0.2) is 19.9 Å². The van der Waals surface area contributed by atoms with E-state index in [1.165, 1.54) is 0 Å². The molecule has 9 nitrogen and oxygen atoms in total. The molecule has 10 heteroatoms. The third-order valence-electron chi connectivity index (χ3n) is 7.54. The molecule has 0 bridgehead atoms. The number of hydrogen-bond acceptors (Lipinski definition) is 9. The molecule has 1 aliphatic rings. The Labute approximate surface area is 275 Å². The summed E-state index contributed by atoms with van der Waals surface area (Å²) in [6.45, 7) is 0. The minimum atomic E-state index is -3.52. The number of hydrogen-bond donors (Lipinski definition) is 0. The lowest BCUT2D eigenvalue weighted by molar-refractivity contribution is 0.448. The molecular weight excluding hydrogens is 623 g/mol. The lowest BCUT2D eigenvalue weighted by atomic mass is 10.1. The Kier molecular flexibility index (Phi) is 7.57. The van der Waals surface area contributed by atoms with Gasteiger partial charge in [0.15, 0.2) is 5.57 Å². The number of pyridine rings is 2. The summed E-state index contributed by atoms with van der Waals surface area (Å²) in [6, 6.07) is 38.3. The fraction of sp³-hybridized carbons (Fsp3) is 0. The van der Waals surface area contributed by atoms with Crippen LogP contribution in [0.5, 0.6) is 46.3 Å². The van der Waals surface area contributed by atoms with E-state index in [2.05, 4.69) is 19.9 Å². The number of benzene rings is 4. The van der Waals surface area contributed by atoms with Gasteiger partial charge < -0.3 is 23.5 Å². The molecule has 7 aromatic rings. The number of aromatic nitrogens is 4. The SMILES string of the molecule is O=P1(c2ncccn2)c2cc(Oc3cccc(Oc4ccccn4)c3)ccc2-c2ccc(Oc3cccc(Oc4ccccn4)c3)cc21. The molecule has 48 heavy (non-hydrogen) atoms. The quantitative estimate of drug-likeness (QED) is 0.144. The molecule has 1 aliphatic heterocycles. The summed E-state index contributed by atoms with van der Waals surface area (Å²) in [5.41, 5.74) is 1.87. The maximum Gasteiger partial charge on any atom is 0.219 e. The highest BCUT2D eigenvalue weighted by Crippen LogP contribution is 2.53. The van der Waals surface area contributed by atoms with E-state index in [0.717, 1.165) is 11.1 Å². The van der Waals surface area contributed by atoms with Crippen molar-refractivity contribution in [3.8, 4) is 57.4 Å². The van der Waals surface area contributed by atoms with Crippen LogP contribution in [0.1, 0.15) is 0 Å². The van der Waals surface area contributed by atoms with Crippen molar-refractivity contribution < 1.29 is 23.5 Å². The molecule has 0 radical (unpaired) electrons. The number of ether oxygens (including phenoxy) is 4. The van der Waals surface area contributed by atoms with E-state index >= 15 is 4.57 Å². The highest BCUT2D eigenvalue weighted by molar-refractivity contribution is 7.86. The number of nitrogens with zero attached hydrogens (tertiary/aromatic N) is 4. The fourth-order valence-electron chi connectivity index (χ4n) is 5.46. The van der Waals surface area contributed by atoms with Gasteiger partial charge in [-0.15, -0.1) is 0 Å². The van der Waals surface area contributed by atoms with Crippen LogP contribution in [0.15, 0.2) is 152 Å². The Bertz CT molecular complexity index is 2150. The molecule has 0 amide bonds. The average molecular weight is 649 g/mol. The molecule has 0 saturated carbocycles. The van der Waals surface area contributed by atoms with E-state index in [9.17, 15) is 0 Å². The summed E-state index contributed by atoms with van der Waals surface area (Å²) in [7, 11) is -3.52. The Balaban J connectivity index is 1.11. The molecule has 0 unspecified atom stereocenters. The monoisotopic (exact) mass is 648 g/mol. The van der Waals surface area contributed by atoms with Gasteiger partial charge in [-0.1, -0.05) is 24.3 Å². The van der Waals surface area contributed by atoms with Crippen molar-refractivity contribution in [2.24, 2.45) is 0 Å². The highest BCUT2D eigenvalue weighted by atomic mass is 31.2. The van der Waals surface area contributed by atoms with Gasteiger partial charge in [-0.2, -0.15) is 0 Å². The minimum absolute atomic E-state index is 0.232. The van der Waals surface area contributed by atoms with Crippen molar-refractivity contribution in [3.05, 3.63) is 152 Å². The van der Waals surface area contributed by atoms with E-state index in [1.54, 1.807) is 67.3 Å². The van der Waals surface area contributed by atoms with Crippen molar-refractivity contribution in [2.75, 3.05) is 0 Å². The Morgan fingerprint density at radius 1 is 0.396 bits per heavy atom. The molecule has 4 aromatic carbocycles. The Morgan fingerprint density at radius 2 is 0.833 bits per heavy atom. The molecule has 3 aromatic heterocycles. The van der Waals surface area contributed by atoms with Crippen LogP contribution in [0, 0.1) is 0 Å². The average Bonchev–Trinajstić information content (AvgIpc) is 3.37. The molecule has 8 rings (SSSR count). The molecule has 4 heterocycles.